The lowest BCUT2D eigenvalue weighted by molar-refractivity contribution is -0.133. The lowest BCUT2D eigenvalue weighted by atomic mass is 9.83. The molecule has 2 fully saturated rings. The summed E-state index contributed by atoms with van der Waals surface area (Å²) in [7, 11) is 0. The lowest BCUT2D eigenvalue weighted by Crippen LogP contribution is -2.75. The van der Waals surface area contributed by atoms with Crippen LogP contribution in [0.5, 0.6) is 0 Å². The first-order valence-electron chi connectivity index (χ1n) is 6.37. The largest absolute Gasteiger partial charge is 0.368 e. The van der Waals surface area contributed by atoms with E-state index in [0.717, 1.165) is 12.8 Å². The van der Waals surface area contributed by atoms with E-state index in [9.17, 15) is 9.59 Å². The summed E-state index contributed by atoms with van der Waals surface area (Å²) in [5.41, 5.74) is 4.88. The Morgan fingerprint density at radius 2 is 2.22 bits per heavy atom. The van der Waals surface area contributed by atoms with E-state index in [1.165, 1.54) is 6.92 Å². The van der Waals surface area contributed by atoms with E-state index in [1.807, 2.05) is 6.92 Å². The fourth-order valence-electron chi connectivity index (χ4n) is 3.20. The van der Waals surface area contributed by atoms with Gasteiger partial charge in [0.2, 0.25) is 11.8 Å². The number of hydrogen-bond donors (Lipinski definition) is 2. The Labute approximate surface area is 107 Å². The number of rotatable bonds is 3. The summed E-state index contributed by atoms with van der Waals surface area (Å²) in [4.78, 5) is 26.4. The van der Waals surface area contributed by atoms with Crippen LogP contribution in [0.1, 0.15) is 33.1 Å². The van der Waals surface area contributed by atoms with Crippen LogP contribution in [0.15, 0.2) is 0 Å². The number of amides is 2. The number of nitrogens with one attached hydrogen (secondary N) is 1. The van der Waals surface area contributed by atoms with Gasteiger partial charge in [-0.05, 0) is 19.3 Å². The third kappa shape index (κ3) is 1.59. The quantitative estimate of drug-likeness (QED) is 0.736. The Bertz CT molecular complexity index is 409. The molecular weight excluding hydrogens is 232 g/mol. The van der Waals surface area contributed by atoms with Crippen LogP contribution in [-0.2, 0) is 9.59 Å². The zero-order valence-electron chi connectivity index (χ0n) is 10.9. The molecule has 6 heteroatoms. The van der Waals surface area contributed by atoms with Gasteiger partial charge in [0, 0.05) is 13.5 Å². The summed E-state index contributed by atoms with van der Waals surface area (Å²) in [5, 5.41) is 8.21. The molecule has 0 aromatic rings. The van der Waals surface area contributed by atoms with E-state index >= 15 is 0 Å². The number of amidine groups is 1. The van der Waals surface area contributed by atoms with Crippen molar-refractivity contribution in [2.45, 2.75) is 44.7 Å². The van der Waals surface area contributed by atoms with Gasteiger partial charge < -0.3 is 15.5 Å². The van der Waals surface area contributed by atoms with Crippen molar-refractivity contribution in [3.63, 3.8) is 0 Å². The minimum absolute atomic E-state index is 0.00373. The van der Waals surface area contributed by atoms with E-state index in [4.69, 9.17) is 11.1 Å². The lowest BCUT2D eigenvalue weighted by Gasteiger charge is -2.55. The van der Waals surface area contributed by atoms with Crippen LogP contribution in [-0.4, -0.2) is 52.1 Å². The van der Waals surface area contributed by atoms with Gasteiger partial charge in [0.05, 0.1) is 6.54 Å². The Balaban J connectivity index is 2.16. The molecule has 2 heterocycles. The minimum atomic E-state index is -0.464. The summed E-state index contributed by atoms with van der Waals surface area (Å²) >= 11 is 0. The molecular formula is C12H20N4O2. The van der Waals surface area contributed by atoms with Crippen molar-refractivity contribution in [2.24, 2.45) is 5.73 Å². The third-order valence-electron chi connectivity index (χ3n) is 4.12. The third-order valence-corrected chi connectivity index (χ3v) is 4.12. The summed E-state index contributed by atoms with van der Waals surface area (Å²) in [6.45, 7) is 4.69. The molecule has 2 rings (SSSR count). The number of likely N-dealkylation sites (tertiary alicyclic amines) is 2. The first-order chi connectivity index (χ1) is 8.44. The van der Waals surface area contributed by atoms with Crippen LogP contribution < -0.4 is 5.73 Å². The topological polar surface area (TPSA) is 90.5 Å². The van der Waals surface area contributed by atoms with E-state index in [0.29, 0.717) is 25.3 Å². The van der Waals surface area contributed by atoms with Gasteiger partial charge in [0.15, 0.2) is 0 Å². The van der Waals surface area contributed by atoms with Gasteiger partial charge in [-0.15, -0.1) is 0 Å². The number of nitrogens with zero attached hydrogens (tertiary/aromatic N) is 2. The fourth-order valence-corrected chi connectivity index (χ4v) is 3.20. The van der Waals surface area contributed by atoms with Gasteiger partial charge >= 0.3 is 0 Å². The molecule has 0 bridgehead atoms. The van der Waals surface area contributed by atoms with Crippen LogP contribution in [0.4, 0.5) is 0 Å². The van der Waals surface area contributed by atoms with Crippen LogP contribution >= 0.6 is 0 Å². The van der Waals surface area contributed by atoms with E-state index < -0.39 is 17.5 Å². The molecule has 2 amide bonds. The summed E-state index contributed by atoms with van der Waals surface area (Å²) < 4.78 is 0. The highest BCUT2D eigenvalue weighted by Gasteiger charge is 2.57. The maximum Gasteiger partial charge on any atom is 0.240 e. The molecule has 0 saturated carbocycles. The predicted octanol–water partition coefficient (Wildman–Crippen LogP) is -0.0757. The molecule has 0 aromatic heterocycles. The Kier molecular flexibility index (Phi) is 3.04. The van der Waals surface area contributed by atoms with Crippen molar-refractivity contribution < 1.29 is 9.59 Å². The number of nitrogens with two attached hydrogens (primary N) is 1. The molecule has 100 valence electrons. The van der Waals surface area contributed by atoms with Gasteiger partial charge in [0.1, 0.15) is 17.4 Å². The molecule has 0 radical (unpaired) electrons. The fraction of sp³-hybridized carbons (Fsp3) is 0.750. The molecule has 1 unspecified atom stereocenters. The molecule has 2 atom stereocenters. The van der Waals surface area contributed by atoms with Gasteiger partial charge in [-0.2, -0.15) is 0 Å². The highest BCUT2D eigenvalue weighted by atomic mass is 16.2. The zero-order valence-corrected chi connectivity index (χ0v) is 10.9. The molecule has 1 spiro atoms. The van der Waals surface area contributed by atoms with Crippen molar-refractivity contribution in [3.8, 4) is 0 Å². The maximum atomic E-state index is 11.6. The Morgan fingerprint density at radius 3 is 2.67 bits per heavy atom. The molecule has 0 aromatic carbocycles. The van der Waals surface area contributed by atoms with Crippen molar-refractivity contribution in [2.75, 3.05) is 13.1 Å². The number of carbonyl (C=O) groups excluding carboxylic acids is 2. The van der Waals surface area contributed by atoms with Gasteiger partial charge in [-0.3, -0.25) is 15.0 Å². The summed E-state index contributed by atoms with van der Waals surface area (Å²) in [5.74, 6) is -0.0191. The van der Waals surface area contributed by atoms with Crippen molar-refractivity contribution >= 4 is 17.6 Å². The van der Waals surface area contributed by atoms with Crippen molar-refractivity contribution in [1.82, 2.24) is 9.80 Å². The summed E-state index contributed by atoms with van der Waals surface area (Å²) in [6, 6.07) is -0.419. The first-order valence-corrected chi connectivity index (χ1v) is 6.37. The van der Waals surface area contributed by atoms with Crippen LogP contribution in [0, 0.1) is 5.41 Å². The van der Waals surface area contributed by atoms with Crippen LogP contribution in [0.25, 0.3) is 0 Å². The second-order valence-corrected chi connectivity index (χ2v) is 5.11. The minimum Gasteiger partial charge on any atom is -0.368 e. The normalized spacial score (nSPS) is 28.4. The SMILES string of the molecule is CC[C@@H](C(N)=O)N1CC2(CCCN2C(C)=O)C1=N. The highest BCUT2D eigenvalue weighted by Crippen LogP contribution is 2.40. The molecule has 3 N–H and O–H groups in total. The molecule has 2 aliphatic rings. The van der Waals surface area contributed by atoms with Gasteiger partial charge in [-0.25, -0.2) is 0 Å². The van der Waals surface area contributed by atoms with Crippen molar-refractivity contribution in [1.29, 1.82) is 5.41 Å². The van der Waals surface area contributed by atoms with E-state index in [-0.39, 0.29) is 5.91 Å². The molecule has 2 saturated heterocycles. The molecule has 2 aliphatic heterocycles. The van der Waals surface area contributed by atoms with Gasteiger partial charge in [-0.1, -0.05) is 6.92 Å². The van der Waals surface area contributed by atoms with Crippen LogP contribution in [0.2, 0.25) is 0 Å². The Hall–Kier alpha value is -1.59. The second kappa shape index (κ2) is 4.26. The molecule has 0 aliphatic carbocycles. The molecule has 6 nitrogen and oxygen atoms in total. The predicted molar refractivity (Wildman–Crippen MR) is 67.1 cm³/mol. The maximum absolute atomic E-state index is 11.6. The molecule has 18 heavy (non-hydrogen) atoms. The monoisotopic (exact) mass is 252 g/mol. The number of primary amides is 1. The second-order valence-electron chi connectivity index (χ2n) is 5.11. The number of hydrogen-bond acceptors (Lipinski definition) is 3. The Morgan fingerprint density at radius 1 is 1.56 bits per heavy atom. The highest BCUT2D eigenvalue weighted by molar-refractivity contribution is 6.01. The smallest absolute Gasteiger partial charge is 0.240 e. The van der Waals surface area contributed by atoms with Gasteiger partial charge in [0.25, 0.3) is 0 Å². The standard InChI is InChI=1S/C12H20N4O2/c1-3-9(10(13)18)15-7-12(11(15)14)5-4-6-16(12)8(2)17/h9,14H,3-7H2,1-2H3,(H2,13,18)/t9-,12?/m0/s1. The van der Waals surface area contributed by atoms with E-state index in [2.05, 4.69) is 0 Å². The van der Waals surface area contributed by atoms with Crippen molar-refractivity contribution in [3.05, 3.63) is 0 Å². The number of carbonyl (C=O) groups is 2. The van der Waals surface area contributed by atoms with Crippen LogP contribution in [0.3, 0.4) is 0 Å². The first kappa shape index (κ1) is 12.9. The van der Waals surface area contributed by atoms with E-state index in [1.54, 1.807) is 9.80 Å². The zero-order chi connectivity index (χ0) is 13.5. The summed E-state index contributed by atoms with van der Waals surface area (Å²) in [6.07, 6.45) is 2.33. The average Bonchev–Trinajstić information content (AvgIpc) is 2.75. The average molecular weight is 252 g/mol.